The van der Waals surface area contributed by atoms with Crippen molar-refractivity contribution in [2.75, 3.05) is 11.1 Å². The highest BCUT2D eigenvalue weighted by atomic mass is 19.4. The molecule has 0 fully saturated rings. The van der Waals surface area contributed by atoms with Crippen LogP contribution in [0.4, 0.5) is 28.9 Å². The molecule has 112 valence electrons. The van der Waals surface area contributed by atoms with Crippen molar-refractivity contribution in [1.29, 1.82) is 0 Å². The molecule has 0 saturated heterocycles. The molecule has 0 bridgehead atoms. The Hall–Kier alpha value is -2.24. The quantitative estimate of drug-likeness (QED) is 0.642. The molecular formula is C15H14F4N2. The van der Waals surface area contributed by atoms with Crippen LogP contribution in [0.15, 0.2) is 42.5 Å². The second-order valence-electron chi connectivity index (χ2n) is 4.69. The van der Waals surface area contributed by atoms with Gasteiger partial charge >= 0.3 is 6.18 Å². The van der Waals surface area contributed by atoms with Gasteiger partial charge in [0.2, 0.25) is 0 Å². The van der Waals surface area contributed by atoms with Gasteiger partial charge in [-0.2, -0.15) is 13.2 Å². The lowest BCUT2D eigenvalue weighted by molar-refractivity contribution is -0.136. The molecule has 2 aromatic rings. The largest absolute Gasteiger partial charge is 0.418 e. The number of hydrogen-bond acceptors (Lipinski definition) is 2. The Morgan fingerprint density at radius 1 is 1.10 bits per heavy atom. The third-order valence-corrected chi connectivity index (χ3v) is 3.11. The monoisotopic (exact) mass is 298 g/mol. The molecule has 0 aliphatic carbocycles. The van der Waals surface area contributed by atoms with Gasteiger partial charge in [-0.15, -0.1) is 0 Å². The molecule has 0 saturated carbocycles. The molecule has 0 aromatic heterocycles. The first-order chi connectivity index (χ1) is 9.79. The SMILES string of the molecule is CC(Nc1ccc(N)c(C(F)(F)F)c1)c1ccccc1F. The summed E-state index contributed by atoms with van der Waals surface area (Å²) in [4.78, 5) is 0. The van der Waals surface area contributed by atoms with Gasteiger partial charge in [0.1, 0.15) is 5.82 Å². The van der Waals surface area contributed by atoms with Gasteiger partial charge in [0.05, 0.1) is 11.6 Å². The van der Waals surface area contributed by atoms with Crippen molar-refractivity contribution in [3.8, 4) is 0 Å². The van der Waals surface area contributed by atoms with E-state index >= 15 is 0 Å². The highest BCUT2D eigenvalue weighted by molar-refractivity contribution is 5.59. The predicted octanol–water partition coefficient (Wildman–Crippen LogP) is 4.60. The average molecular weight is 298 g/mol. The first-order valence-corrected chi connectivity index (χ1v) is 6.26. The summed E-state index contributed by atoms with van der Waals surface area (Å²) in [7, 11) is 0. The average Bonchev–Trinajstić information content (AvgIpc) is 2.40. The first-order valence-electron chi connectivity index (χ1n) is 6.26. The van der Waals surface area contributed by atoms with E-state index < -0.39 is 23.6 Å². The van der Waals surface area contributed by atoms with E-state index in [4.69, 9.17) is 5.73 Å². The van der Waals surface area contributed by atoms with Crippen LogP contribution in [0.5, 0.6) is 0 Å². The minimum Gasteiger partial charge on any atom is -0.398 e. The standard InChI is InChI=1S/C15H14F4N2/c1-9(11-4-2-3-5-13(11)16)21-10-6-7-14(20)12(8-10)15(17,18)19/h2-9,21H,20H2,1H3. The van der Waals surface area contributed by atoms with Crippen LogP contribution >= 0.6 is 0 Å². The molecule has 1 unspecified atom stereocenters. The van der Waals surface area contributed by atoms with Gasteiger partial charge < -0.3 is 11.1 Å². The van der Waals surface area contributed by atoms with Crippen molar-refractivity contribution in [2.45, 2.75) is 19.1 Å². The lowest BCUT2D eigenvalue weighted by atomic mass is 10.1. The molecule has 21 heavy (non-hydrogen) atoms. The Balaban J connectivity index is 2.26. The Bertz CT molecular complexity index is 638. The van der Waals surface area contributed by atoms with E-state index in [-0.39, 0.29) is 11.4 Å². The number of nitrogens with two attached hydrogens (primary N) is 1. The summed E-state index contributed by atoms with van der Waals surface area (Å²) in [6.07, 6.45) is -4.52. The lowest BCUT2D eigenvalue weighted by Gasteiger charge is -2.18. The van der Waals surface area contributed by atoms with Crippen molar-refractivity contribution in [3.05, 3.63) is 59.4 Å². The highest BCUT2D eigenvalue weighted by Gasteiger charge is 2.33. The number of anilines is 2. The predicted molar refractivity (Wildman–Crippen MR) is 74.3 cm³/mol. The Morgan fingerprint density at radius 3 is 2.38 bits per heavy atom. The van der Waals surface area contributed by atoms with E-state index in [9.17, 15) is 17.6 Å². The fraction of sp³-hybridized carbons (Fsp3) is 0.200. The lowest BCUT2D eigenvalue weighted by Crippen LogP contribution is -2.12. The summed E-state index contributed by atoms with van der Waals surface area (Å²) >= 11 is 0. The van der Waals surface area contributed by atoms with Crippen molar-refractivity contribution in [2.24, 2.45) is 0 Å². The molecule has 2 aromatic carbocycles. The van der Waals surface area contributed by atoms with E-state index in [0.29, 0.717) is 5.56 Å². The maximum Gasteiger partial charge on any atom is 0.418 e. The topological polar surface area (TPSA) is 38.0 Å². The fourth-order valence-electron chi connectivity index (χ4n) is 2.05. The summed E-state index contributed by atoms with van der Waals surface area (Å²) in [6, 6.07) is 9.16. The summed E-state index contributed by atoms with van der Waals surface area (Å²) in [5, 5.41) is 2.84. The van der Waals surface area contributed by atoms with Crippen LogP contribution in [0.25, 0.3) is 0 Å². The second-order valence-corrected chi connectivity index (χ2v) is 4.69. The van der Waals surface area contributed by atoms with Crippen LogP contribution in [-0.4, -0.2) is 0 Å². The molecule has 2 rings (SSSR count). The van der Waals surface area contributed by atoms with Crippen molar-refractivity contribution in [1.82, 2.24) is 0 Å². The number of alkyl halides is 3. The Kier molecular flexibility index (Phi) is 4.06. The summed E-state index contributed by atoms with van der Waals surface area (Å²) in [5.41, 5.74) is 4.69. The molecule has 0 radical (unpaired) electrons. The van der Waals surface area contributed by atoms with Crippen molar-refractivity contribution in [3.63, 3.8) is 0 Å². The number of nitrogens with one attached hydrogen (secondary N) is 1. The van der Waals surface area contributed by atoms with Crippen LogP contribution in [0.2, 0.25) is 0 Å². The number of halogens is 4. The summed E-state index contributed by atoms with van der Waals surface area (Å²) in [5.74, 6) is -0.413. The van der Waals surface area contributed by atoms with Crippen LogP contribution in [0.3, 0.4) is 0 Å². The smallest absolute Gasteiger partial charge is 0.398 e. The van der Waals surface area contributed by atoms with Crippen LogP contribution in [0.1, 0.15) is 24.1 Å². The van der Waals surface area contributed by atoms with Crippen LogP contribution in [0, 0.1) is 5.82 Å². The fourth-order valence-corrected chi connectivity index (χ4v) is 2.05. The molecule has 3 N–H and O–H groups in total. The highest BCUT2D eigenvalue weighted by Crippen LogP contribution is 2.35. The number of hydrogen-bond donors (Lipinski definition) is 2. The van der Waals surface area contributed by atoms with Crippen LogP contribution < -0.4 is 11.1 Å². The van der Waals surface area contributed by atoms with E-state index in [2.05, 4.69) is 5.32 Å². The minimum absolute atomic E-state index is 0.229. The zero-order chi connectivity index (χ0) is 15.6. The van der Waals surface area contributed by atoms with Crippen molar-refractivity contribution >= 4 is 11.4 Å². The molecular weight excluding hydrogens is 284 g/mol. The Morgan fingerprint density at radius 2 is 1.76 bits per heavy atom. The number of nitrogen functional groups attached to an aromatic ring is 1. The maximum absolute atomic E-state index is 13.6. The molecule has 0 spiro atoms. The number of benzene rings is 2. The Labute approximate surface area is 119 Å². The summed E-state index contributed by atoms with van der Waals surface area (Å²) in [6.45, 7) is 1.67. The maximum atomic E-state index is 13.6. The van der Waals surface area contributed by atoms with E-state index in [1.807, 2.05) is 0 Å². The molecule has 0 heterocycles. The number of rotatable bonds is 3. The minimum atomic E-state index is -4.52. The van der Waals surface area contributed by atoms with E-state index in [0.717, 1.165) is 6.07 Å². The van der Waals surface area contributed by atoms with Gasteiger partial charge in [0.25, 0.3) is 0 Å². The molecule has 0 aliphatic rings. The first kappa shape index (κ1) is 15.2. The third-order valence-electron chi connectivity index (χ3n) is 3.11. The van der Waals surface area contributed by atoms with Gasteiger partial charge in [-0.25, -0.2) is 4.39 Å². The van der Waals surface area contributed by atoms with Gasteiger partial charge in [-0.3, -0.25) is 0 Å². The van der Waals surface area contributed by atoms with Gasteiger partial charge in [-0.05, 0) is 31.2 Å². The zero-order valence-corrected chi connectivity index (χ0v) is 11.2. The zero-order valence-electron chi connectivity index (χ0n) is 11.2. The molecule has 6 heteroatoms. The van der Waals surface area contributed by atoms with Gasteiger partial charge in [0, 0.05) is 16.9 Å². The van der Waals surface area contributed by atoms with Gasteiger partial charge in [-0.1, -0.05) is 18.2 Å². The third kappa shape index (κ3) is 3.45. The molecule has 2 nitrogen and oxygen atoms in total. The molecule has 0 amide bonds. The van der Waals surface area contributed by atoms with Gasteiger partial charge in [0.15, 0.2) is 0 Å². The normalized spacial score (nSPS) is 13.0. The van der Waals surface area contributed by atoms with E-state index in [1.54, 1.807) is 25.1 Å². The van der Waals surface area contributed by atoms with Crippen molar-refractivity contribution < 1.29 is 17.6 Å². The van der Waals surface area contributed by atoms with Crippen LogP contribution in [-0.2, 0) is 6.18 Å². The molecule has 0 aliphatic heterocycles. The molecule has 1 atom stereocenters. The second kappa shape index (κ2) is 5.63. The van der Waals surface area contributed by atoms with E-state index in [1.165, 1.54) is 18.2 Å². The summed E-state index contributed by atoms with van der Waals surface area (Å²) < 4.78 is 52.0.